The Morgan fingerprint density at radius 2 is 1.95 bits per heavy atom. The Hall–Kier alpha value is -3.86. The van der Waals surface area contributed by atoms with E-state index in [1.54, 1.807) is 13.1 Å². The third-order valence-corrected chi connectivity index (χ3v) is 11.0. The summed E-state index contributed by atoms with van der Waals surface area (Å²) < 4.78 is 74.5. The van der Waals surface area contributed by atoms with Crippen LogP contribution in [0.4, 0.5) is 19.0 Å². The minimum atomic E-state index is -4.93. The molecule has 1 aliphatic heterocycles. The number of halogens is 3. The van der Waals surface area contributed by atoms with Gasteiger partial charge in [0.2, 0.25) is 5.91 Å². The predicted molar refractivity (Wildman–Crippen MR) is 151 cm³/mol. The molecular formula is C29H32F3N7O3S. The van der Waals surface area contributed by atoms with Crippen molar-refractivity contribution < 1.29 is 26.4 Å². The smallest absolute Gasteiger partial charge is 0.352 e. The molecule has 1 saturated heterocycles. The number of anilines is 1. The van der Waals surface area contributed by atoms with E-state index < -0.39 is 49.2 Å². The molecule has 228 valence electrons. The molecule has 0 radical (unpaired) electrons. The summed E-state index contributed by atoms with van der Waals surface area (Å²) >= 11 is 0. The number of aromatic nitrogens is 4. The number of alkyl halides is 3. The summed E-state index contributed by atoms with van der Waals surface area (Å²) in [6, 6.07) is 8.27. The number of carbonyl (C=O) groups is 1. The third kappa shape index (κ3) is 5.39. The maximum atomic E-state index is 14.4. The van der Waals surface area contributed by atoms with Gasteiger partial charge in [-0.25, -0.2) is 13.1 Å². The second kappa shape index (κ2) is 10.4. The molecule has 0 bridgehead atoms. The van der Waals surface area contributed by atoms with Crippen LogP contribution < -0.4 is 10.2 Å². The fourth-order valence-electron chi connectivity index (χ4n) is 6.11. The Labute approximate surface area is 247 Å². The van der Waals surface area contributed by atoms with Crippen LogP contribution in [-0.2, 0) is 27.9 Å². The zero-order chi connectivity index (χ0) is 30.7. The van der Waals surface area contributed by atoms with Crippen LogP contribution in [-0.4, -0.2) is 57.3 Å². The highest BCUT2D eigenvalue weighted by molar-refractivity contribution is 7.92. The summed E-state index contributed by atoms with van der Waals surface area (Å²) in [5.74, 6) is 0.261. The highest BCUT2D eigenvalue weighted by Crippen LogP contribution is 2.43. The number of hydrogen-bond donors (Lipinski definition) is 1. The average Bonchev–Trinajstić information content (AvgIpc) is 3.19. The largest absolute Gasteiger partial charge is 0.417 e. The molecule has 3 fully saturated rings. The van der Waals surface area contributed by atoms with Gasteiger partial charge in [0.25, 0.3) is 0 Å². The van der Waals surface area contributed by atoms with Gasteiger partial charge in [0.15, 0.2) is 9.84 Å². The van der Waals surface area contributed by atoms with E-state index in [1.807, 2.05) is 22.6 Å². The number of amides is 1. The van der Waals surface area contributed by atoms with Gasteiger partial charge in [-0.1, -0.05) is 6.07 Å². The fraction of sp³-hybridized carbons (Fsp3) is 0.517. The van der Waals surface area contributed by atoms with Gasteiger partial charge in [-0.15, -0.1) is 0 Å². The van der Waals surface area contributed by atoms with Crippen molar-refractivity contribution in [3.63, 3.8) is 0 Å². The quantitative estimate of drug-likeness (QED) is 0.400. The van der Waals surface area contributed by atoms with E-state index in [0.717, 1.165) is 37.1 Å². The van der Waals surface area contributed by atoms with Crippen molar-refractivity contribution in [2.24, 2.45) is 7.05 Å². The third-order valence-electron chi connectivity index (χ3n) is 8.84. The molecule has 2 atom stereocenters. The molecule has 43 heavy (non-hydrogen) atoms. The number of nitriles is 1. The summed E-state index contributed by atoms with van der Waals surface area (Å²) in [6.07, 6.45) is 0.332. The van der Waals surface area contributed by atoms with E-state index in [0.29, 0.717) is 24.4 Å². The SMILES string of the molecule is Cc1cc(N2CC(S(=O)(=O)c3ccc(-c4ccnn4C)cc3C(F)(F)F)CC2CC(=O)NC2(C#N)CC2)n(C2CCC2)n1. The Morgan fingerprint density at radius 1 is 1.21 bits per heavy atom. The molecule has 14 heteroatoms. The highest BCUT2D eigenvalue weighted by atomic mass is 32.2. The molecule has 2 aromatic heterocycles. The van der Waals surface area contributed by atoms with Crippen LogP contribution in [0, 0.1) is 18.3 Å². The minimum absolute atomic E-state index is 0.0506. The molecule has 1 amide bonds. The Bertz CT molecular complexity index is 1710. The molecule has 1 N–H and O–H groups in total. The first kappa shape index (κ1) is 29.2. The lowest BCUT2D eigenvalue weighted by Crippen LogP contribution is -2.41. The lowest BCUT2D eigenvalue weighted by atomic mass is 9.93. The highest BCUT2D eigenvalue weighted by Gasteiger charge is 2.48. The van der Waals surface area contributed by atoms with Gasteiger partial charge in [0, 0.05) is 43.9 Å². The molecule has 3 heterocycles. The normalized spacial score (nSPS) is 21.8. The van der Waals surface area contributed by atoms with E-state index in [2.05, 4.69) is 21.6 Å². The van der Waals surface area contributed by atoms with Crippen molar-refractivity contribution in [2.75, 3.05) is 11.4 Å². The number of rotatable bonds is 8. The monoisotopic (exact) mass is 615 g/mol. The number of hydrogen-bond acceptors (Lipinski definition) is 7. The number of aryl methyl sites for hydroxylation is 2. The zero-order valence-electron chi connectivity index (χ0n) is 23.8. The van der Waals surface area contributed by atoms with Crippen LogP contribution in [0.3, 0.4) is 0 Å². The van der Waals surface area contributed by atoms with E-state index in [-0.39, 0.29) is 31.0 Å². The number of sulfone groups is 1. The maximum absolute atomic E-state index is 14.4. The molecule has 0 spiro atoms. The van der Waals surface area contributed by atoms with Crippen LogP contribution in [0.15, 0.2) is 41.4 Å². The number of carbonyl (C=O) groups excluding carboxylic acids is 1. The number of nitrogens with one attached hydrogen (secondary N) is 1. The van der Waals surface area contributed by atoms with Crippen LogP contribution in [0.2, 0.25) is 0 Å². The summed E-state index contributed by atoms with van der Waals surface area (Å²) in [6.45, 7) is 1.73. The molecule has 2 saturated carbocycles. The minimum Gasteiger partial charge on any atom is -0.352 e. The number of nitrogens with zero attached hydrogens (tertiary/aromatic N) is 6. The van der Waals surface area contributed by atoms with Gasteiger partial charge in [0.05, 0.1) is 39.2 Å². The Balaban J connectivity index is 1.36. The molecule has 10 nitrogen and oxygen atoms in total. The second-order valence-electron chi connectivity index (χ2n) is 11.9. The van der Waals surface area contributed by atoms with Crippen LogP contribution in [0.25, 0.3) is 11.3 Å². The van der Waals surface area contributed by atoms with E-state index in [1.165, 1.54) is 16.9 Å². The lowest BCUT2D eigenvalue weighted by Gasteiger charge is -2.32. The van der Waals surface area contributed by atoms with Crippen molar-refractivity contribution in [3.8, 4) is 17.3 Å². The van der Waals surface area contributed by atoms with E-state index >= 15 is 0 Å². The molecule has 3 aliphatic rings. The zero-order valence-corrected chi connectivity index (χ0v) is 24.6. The van der Waals surface area contributed by atoms with Gasteiger partial charge in [-0.05, 0) is 63.6 Å². The van der Waals surface area contributed by atoms with Crippen molar-refractivity contribution in [1.82, 2.24) is 24.9 Å². The lowest BCUT2D eigenvalue weighted by molar-refractivity contribution is -0.139. The van der Waals surface area contributed by atoms with Gasteiger partial charge >= 0.3 is 6.18 Å². The predicted octanol–water partition coefficient (Wildman–Crippen LogP) is 4.32. The van der Waals surface area contributed by atoms with Gasteiger partial charge < -0.3 is 10.2 Å². The molecule has 3 aromatic rings. The maximum Gasteiger partial charge on any atom is 0.417 e. The Morgan fingerprint density at radius 3 is 2.53 bits per heavy atom. The van der Waals surface area contributed by atoms with Crippen molar-refractivity contribution >= 4 is 21.6 Å². The molecule has 2 aliphatic carbocycles. The van der Waals surface area contributed by atoms with Crippen LogP contribution in [0.1, 0.15) is 62.2 Å². The fourth-order valence-corrected chi connectivity index (χ4v) is 8.04. The second-order valence-corrected chi connectivity index (χ2v) is 14.1. The topological polar surface area (TPSA) is 126 Å². The van der Waals surface area contributed by atoms with Crippen LogP contribution in [0.5, 0.6) is 0 Å². The molecule has 2 unspecified atom stereocenters. The Kier molecular flexibility index (Phi) is 7.06. The summed E-state index contributed by atoms with van der Waals surface area (Å²) in [7, 11) is -2.91. The first-order chi connectivity index (χ1) is 20.3. The first-order valence-electron chi connectivity index (χ1n) is 14.3. The van der Waals surface area contributed by atoms with Crippen molar-refractivity contribution in [1.29, 1.82) is 5.26 Å². The standard InChI is InChI=1S/C29H32F3N7O3S/c1-18-12-27(39(36-18)20-4-3-5-20)38-16-22(14-21(38)15-26(40)35-28(17-33)9-10-28)43(41,42)25-7-6-19(13-23(25)29(30,31)32)24-8-11-34-37(24)2/h6-8,11-13,20-22H,3-5,9-10,14-16H2,1-2H3,(H,35,40). The first-order valence-corrected chi connectivity index (χ1v) is 15.8. The molecule has 6 rings (SSSR count). The van der Waals surface area contributed by atoms with E-state index in [9.17, 15) is 31.6 Å². The van der Waals surface area contributed by atoms with Crippen molar-refractivity contribution in [2.45, 2.75) is 85.8 Å². The number of benzene rings is 1. The molecular weight excluding hydrogens is 583 g/mol. The van der Waals surface area contributed by atoms with E-state index in [4.69, 9.17) is 0 Å². The average molecular weight is 616 g/mol. The summed E-state index contributed by atoms with van der Waals surface area (Å²) in [5.41, 5.74) is -0.798. The van der Waals surface area contributed by atoms with Crippen molar-refractivity contribution in [3.05, 3.63) is 47.8 Å². The molecule has 1 aromatic carbocycles. The van der Waals surface area contributed by atoms with Crippen LogP contribution >= 0.6 is 0 Å². The van der Waals surface area contributed by atoms with Gasteiger partial charge in [-0.3, -0.25) is 9.48 Å². The van der Waals surface area contributed by atoms with Gasteiger partial charge in [-0.2, -0.15) is 28.6 Å². The summed E-state index contributed by atoms with van der Waals surface area (Å²) in [4.78, 5) is 14.1. The summed E-state index contributed by atoms with van der Waals surface area (Å²) in [5, 5.41) is 19.6. The van der Waals surface area contributed by atoms with Gasteiger partial charge in [0.1, 0.15) is 11.4 Å².